The summed E-state index contributed by atoms with van der Waals surface area (Å²) in [6.07, 6.45) is 3.42. The van der Waals surface area contributed by atoms with Gasteiger partial charge in [-0.3, -0.25) is 9.78 Å². The number of hydrogen-bond acceptors (Lipinski definition) is 6. The van der Waals surface area contributed by atoms with Crippen molar-refractivity contribution in [2.75, 3.05) is 6.54 Å². The van der Waals surface area contributed by atoms with Gasteiger partial charge in [0.2, 0.25) is 5.91 Å². The van der Waals surface area contributed by atoms with Crippen molar-refractivity contribution < 1.29 is 14.4 Å². The maximum atomic E-state index is 11.7. The van der Waals surface area contributed by atoms with Gasteiger partial charge in [0.15, 0.2) is 5.82 Å². The average Bonchev–Trinajstić information content (AvgIpc) is 3.23. The van der Waals surface area contributed by atoms with Gasteiger partial charge in [0.05, 0.1) is 17.1 Å². The zero-order chi connectivity index (χ0) is 16.7. The molecule has 122 valence electrons. The highest BCUT2D eigenvalue weighted by atomic mass is 16.5. The molecule has 1 atom stereocenters. The number of pyridine rings is 1. The van der Waals surface area contributed by atoms with E-state index in [9.17, 15) is 9.90 Å². The summed E-state index contributed by atoms with van der Waals surface area (Å²) in [7, 11) is 0. The number of amides is 1. The third-order valence-electron chi connectivity index (χ3n) is 4.31. The first-order valence-corrected chi connectivity index (χ1v) is 7.82. The van der Waals surface area contributed by atoms with Crippen molar-refractivity contribution in [2.24, 2.45) is 0 Å². The summed E-state index contributed by atoms with van der Waals surface area (Å²) in [6.45, 7) is 2.28. The number of hydrogen-bond donors (Lipinski definition) is 1. The Morgan fingerprint density at radius 3 is 3.08 bits per heavy atom. The van der Waals surface area contributed by atoms with E-state index in [2.05, 4.69) is 15.1 Å². The molecule has 1 aromatic carbocycles. The number of phenolic OH excluding ortho intramolecular Hbond substituents is 1. The van der Waals surface area contributed by atoms with Crippen LogP contribution in [0, 0.1) is 0 Å². The molecule has 2 aromatic heterocycles. The topological polar surface area (TPSA) is 92.4 Å². The molecule has 0 aliphatic carbocycles. The van der Waals surface area contributed by atoms with Gasteiger partial charge in [-0.2, -0.15) is 4.98 Å². The summed E-state index contributed by atoms with van der Waals surface area (Å²) in [4.78, 5) is 22.2. The van der Waals surface area contributed by atoms with Crippen LogP contribution in [-0.2, 0) is 4.79 Å². The van der Waals surface area contributed by atoms with Crippen molar-refractivity contribution in [3.63, 3.8) is 0 Å². The lowest BCUT2D eigenvalue weighted by molar-refractivity contribution is -0.129. The van der Waals surface area contributed by atoms with Crippen LogP contribution in [-0.4, -0.2) is 37.6 Å². The molecular formula is C17H16N4O3. The Labute approximate surface area is 137 Å². The number of rotatable bonds is 2. The SMILES string of the molecule is CC(=O)N1CCCC1c1noc(-c2cnc3cc(O)ccc3c2)n1. The highest BCUT2D eigenvalue weighted by molar-refractivity contribution is 5.83. The Hall–Kier alpha value is -2.96. The van der Waals surface area contributed by atoms with Crippen molar-refractivity contribution in [3.8, 4) is 17.2 Å². The first kappa shape index (κ1) is 14.6. The minimum absolute atomic E-state index is 0.0241. The summed E-state index contributed by atoms with van der Waals surface area (Å²) < 4.78 is 5.38. The minimum atomic E-state index is -0.120. The minimum Gasteiger partial charge on any atom is -0.508 e. The second-order valence-electron chi connectivity index (χ2n) is 5.93. The van der Waals surface area contributed by atoms with E-state index < -0.39 is 0 Å². The number of carbonyl (C=O) groups excluding carboxylic acids is 1. The van der Waals surface area contributed by atoms with E-state index in [1.54, 1.807) is 36.2 Å². The Balaban J connectivity index is 1.67. The molecule has 3 heterocycles. The molecule has 1 aliphatic heterocycles. The number of carbonyl (C=O) groups is 1. The van der Waals surface area contributed by atoms with Crippen molar-refractivity contribution in [3.05, 3.63) is 36.3 Å². The lowest BCUT2D eigenvalue weighted by Gasteiger charge is -2.19. The maximum Gasteiger partial charge on any atom is 0.259 e. The second-order valence-corrected chi connectivity index (χ2v) is 5.93. The van der Waals surface area contributed by atoms with Crippen molar-refractivity contribution in [2.45, 2.75) is 25.8 Å². The van der Waals surface area contributed by atoms with Gasteiger partial charge in [-0.1, -0.05) is 5.16 Å². The van der Waals surface area contributed by atoms with Crippen molar-refractivity contribution in [1.82, 2.24) is 20.0 Å². The molecule has 1 amide bonds. The van der Waals surface area contributed by atoms with E-state index in [0.717, 1.165) is 24.8 Å². The Morgan fingerprint density at radius 1 is 1.38 bits per heavy atom. The molecular weight excluding hydrogens is 308 g/mol. The molecule has 1 fully saturated rings. The standard InChI is InChI=1S/C17H16N4O3/c1-10(22)21-6-2-3-15(21)16-19-17(24-20-16)12-7-11-4-5-13(23)8-14(11)18-9-12/h4-5,7-9,15,23H,2-3,6H2,1H3. The zero-order valence-corrected chi connectivity index (χ0v) is 13.1. The predicted molar refractivity (Wildman–Crippen MR) is 86.1 cm³/mol. The van der Waals surface area contributed by atoms with Crippen LogP contribution in [0.15, 0.2) is 35.0 Å². The molecule has 3 aromatic rings. The summed E-state index contributed by atoms with van der Waals surface area (Å²) in [6, 6.07) is 6.76. The van der Waals surface area contributed by atoms with Crippen LogP contribution in [0.2, 0.25) is 0 Å². The van der Waals surface area contributed by atoms with Gasteiger partial charge in [-0.05, 0) is 31.0 Å². The van der Waals surface area contributed by atoms with Crippen LogP contribution < -0.4 is 0 Å². The molecule has 4 rings (SSSR count). The third-order valence-corrected chi connectivity index (χ3v) is 4.31. The molecule has 1 unspecified atom stereocenters. The molecule has 1 N–H and O–H groups in total. The fourth-order valence-electron chi connectivity index (χ4n) is 3.13. The Bertz CT molecular complexity index is 921. The van der Waals surface area contributed by atoms with Crippen LogP contribution >= 0.6 is 0 Å². The van der Waals surface area contributed by atoms with Gasteiger partial charge in [-0.25, -0.2) is 0 Å². The molecule has 7 nitrogen and oxygen atoms in total. The number of nitrogens with zero attached hydrogens (tertiary/aromatic N) is 4. The van der Waals surface area contributed by atoms with Crippen LogP contribution in [0.1, 0.15) is 31.6 Å². The number of fused-ring (bicyclic) bond motifs is 1. The molecule has 0 radical (unpaired) electrons. The zero-order valence-electron chi connectivity index (χ0n) is 13.1. The molecule has 1 aliphatic rings. The van der Waals surface area contributed by atoms with Crippen molar-refractivity contribution in [1.29, 1.82) is 0 Å². The third kappa shape index (κ3) is 2.47. The normalized spacial score (nSPS) is 17.5. The molecule has 7 heteroatoms. The number of likely N-dealkylation sites (tertiary alicyclic amines) is 1. The smallest absolute Gasteiger partial charge is 0.259 e. The monoisotopic (exact) mass is 324 g/mol. The first-order valence-electron chi connectivity index (χ1n) is 7.82. The average molecular weight is 324 g/mol. The number of phenols is 1. The highest BCUT2D eigenvalue weighted by Crippen LogP contribution is 2.31. The van der Waals surface area contributed by atoms with Gasteiger partial charge in [0.25, 0.3) is 5.89 Å². The van der Waals surface area contributed by atoms with E-state index in [4.69, 9.17) is 4.52 Å². The van der Waals surface area contributed by atoms with Gasteiger partial charge in [-0.15, -0.1) is 0 Å². The lowest BCUT2D eigenvalue weighted by atomic mass is 10.1. The number of benzene rings is 1. The molecule has 1 saturated heterocycles. The lowest BCUT2D eigenvalue weighted by Crippen LogP contribution is -2.28. The van der Waals surface area contributed by atoms with Crippen LogP contribution in [0.25, 0.3) is 22.4 Å². The predicted octanol–water partition coefficient (Wildman–Crippen LogP) is 2.67. The van der Waals surface area contributed by atoms with Crippen LogP contribution in [0.3, 0.4) is 0 Å². The molecule has 0 spiro atoms. The van der Waals surface area contributed by atoms with E-state index in [0.29, 0.717) is 22.8 Å². The Morgan fingerprint density at radius 2 is 2.25 bits per heavy atom. The number of aromatic nitrogens is 3. The largest absolute Gasteiger partial charge is 0.508 e. The summed E-state index contributed by atoms with van der Waals surface area (Å²) >= 11 is 0. The van der Waals surface area contributed by atoms with Gasteiger partial charge < -0.3 is 14.5 Å². The quantitative estimate of drug-likeness (QED) is 0.779. The van der Waals surface area contributed by atoms with E-state index in [1.807, 2.05) is 6.07 Å². The van der Waals surface area contributed by atoms with E-state index in [-0.39, 0.29) is 17.7 Å². The first-order chi connectivity index (χ1) is 11.6. The Kier molecular flexibility index (Phi) is 3.41. The summed E-state index contributed by atoms with van der Waals surface area (Å²) in [5.74, 6) is 1.11. The summed E-state index contributed by atoms with van der Waals surface area (Å²) in [5, 5.41) is 14.4. The van der Waals surface area contributed by atoms with E-state index >= 15 is 0 Å². The second kappa shape index (κ2) is 5.59. The molecule has 0 bridgehead atoms. The van der Waals surface area contributed by atoms with Gasteiger partial charge in [0.1, 0.15) is 5.75 Å². The van der Waals surface area contributed by atoms with Crippen LogP contribution in [0.5, 0.6) is 5.75 Å². The maximum absolute atomic E-state index is 11.7. The fourth-order valence-corrected chi connectivity index (χ4v) is 3.13. The molecule has 24 heavy (non-hydrogen) atoms. The summed E-state index contributed by atoms with van der Waals surface area (Å²) in [5.41, 5.74) is 1.40. The number of aromatic hydroxyl groups is 1. The van der Waals surface area contributed by atoms with Crippen molar-refractivity contribution >= 4 is 16.8 Å². The van der Waals surface area contributed by atoms with Crippen LogP contribution in [0.4, 0.5) is 0 Å². The highest BCUT2D eigenvalue weighted by Gasteiger charge is 2.31. The fraction of sp³-hybridized carbons (Fsp3) is 0.294. The van der Waals surface area contributed by atoms with E-state index in [1.165, 1.54) is 0 Å². The molecule has 0 saturated carbocycles. The van der Waals surface area contributed by atoms with Gasteiger partial charge >= 0.3 is 0 Å². The van der Waals surface area contributed by atoms with Gasteiger partial charge in [0, 0.05) is 31.1 Å².